The molecule has 0 bridgehead atoms. The van der Waals surface area contributed by atoms with Gasteiger partial charge in [0, 0.05) is 43.9 Å². The zero-order chi connectivity index (χ0) is 22.0. The smallest absolute Gasteiger partial charge is 0.216 e. The average molecular weight is 407 g/mol. The van der Waals surface area contributed by atoms with E-state index >= 15 is 0 Å². The van der Waals surface area contributed by atoms with Crippen LogP contribution in [0.2, 0.25) is 0 Å². The number of hydrogen-bond donors (Lipinski definition) is 2. The first-order chi connectivity index (χ1) is 13.8. The van der Waals surface area contributed by atoms with Crippen LogP contribution in [0.1, 0.15) is 19.4 Å². The van der Waals surface area contributed by atoms with Crippen LogP contribution in [0.4, 0.5) is 14.5 Å². The molecule has 0 spiro atoms. The van der Waals surface area contributed by atoms with Crippen LogP contribution in [-0.2, 0) is 20.9 Å². The largest absolute Gasteiger partial charge is 0.359 e. The third-order valence-electron chi connectivity index (χ3n) is 4.25. The molecule has 1 atom stereocenters. The van der Waals surface area contributed by atoms with E-state index in [1.807, 2.05) is 24.7 Å². The SMILES string of the molecule is C=O.CC1CN(c2ccc(-c3ccc(CN)c(F)c3)c(F)c2)CO1.CNC(C)=O. The standard InChI is InChI=1S/C17H18F2N2O.C3H7NO.CH2O/c1-11-9-21(10-22-11)14-4-5-15(17(19)7-14)12-2-3-13(8-20)16(18)6-12;1-3(5)4-2;1-2/h2-7,11H,8-10,20H2,1H3;1-2H3,(H,4,5);1H2. The molecule has 8 heteroatoms. The summed E-state index contributed by atoms with van der Waals surface area (Å²) in [6.45, 7) is 6.77. The number of halogens is 2. The number of nitrogens with two attached hydrogens (primary N) is 1. The molecule has 6 nitrogen and oxygen atoms in total. The molecule has 1 heterocycles. The van der Waals surface area contributed by atoms with Crippen molar-refractivity contribution in [1.29, 1.82) is 0 Å². The zero-order valence-electron chi connectivity index (χ0n) is 16.9. The number of benzene rings is 2. The molecule has 1 fully saturated rings. The minimum absolute atomic E-state index is 0.00463. The summed E-state index contributed by atoms with van der Waals surface area (Å²) < 4.78 is 33.7. The van der Waals surface area contributed by atoms with E-state index in [9.17, 15) is 13.6 Å². The number of ether oxygens (including phenoxy) is 1. The molecule has 29 heavy (non-hydrogen) atoms. The van der Waals surface area contributed by atoms with Crippen molar-refractivity contribution < 1.29 is 23.1 Å². The second kappa shape index (κ2) is 11.9. The Hall–Kier alpha value is -2.84. The quantitative estimate of drug-likeness (QED) is 0.817. The molecular formula is C21H27F2N3O3. The lowest BCUT2D eigenvalue weighted by molar-refractivity contribution is -0.118. The normalized spacial score (nSPS) is 15.0. The molecular weight excluding hydrogens is 380 g/mol. The molecule has 0 saturated carbocycles. The second-order valence-corrected chi connectivity index (χ2v) is 6.31. The minimum Gasteiger partial charge on any atom is -0.359 e. The number of carbonyl (C=O) groups excluding carboxylic acids is 2. The zero-order valence-corrected chi connectivity index (χ0v) is 16.9. The van der Waals surface area contributed by atoms with Crippen LogP contribution in [0.3, 0.4) is 0 Å². The van der Waals surface area contributed by atoms with E-state index in [-0.39, 0.29) is 24.4 Å². The van der Waals surface area contributed by atoms with Crippen molar-refractivity contribution in [2.24, 2.45) is 5.73 Å². The first-order valence-corrected chi connectivity index (χ1v) is 8.97. The van der Waals surface area contributed by atoms with Crippen LogP contribution in [0.5, 0.6) is 0 Å². The second-order valence-electron chi connectivity index (χ2n) is 6.31. The van der Waals surface area contributed by atoms with Crippen molar-refractivity contribution in [3.8, 4) is 11.1 Å². The van der Waals surface area contributed by atoms with Crippen LogP contribution in [-0.4, -0.2) is 39.1 Å². The Balaban J connectivity index is 0.000000527. The summed E-state index contributed by atoms with van der Waals surface area (Å²) in [4.78, 5) is 19.7. The summed E-state index contributed by atoms with van der Waals surface area (Å²) in [7, 11) is 1.60. The van der Waals surface area contributed by atoms with Gasteiger partial charge in [-0.1, -0.05) is 12.1 Å². The Labute approximate surface area is 169 Å². The van der Waals surface area contributed by atoms with Crippen molar-refractivity contribution in [2.75, 3.05) is 25.2 Å². The Morgan fingerprint density at radius 1 is 1.24 bits per heavy atom. The van der Waals surface area contributed by atoms with Gasteiger partial charge in [0.1, 0.15) is 25.2 Å². The number of nitrogens with zero attached hydrogens (tertiary/aromatic N) is 1. The van der Waals surface area contributed by atoms with Gasteiger partial charge in [0.05, 0.1) is 6.10 Å². The van der Waals surface area contributed by atoms with Crippen molar-refractivity contribution in [1.82, 2.24) is 5.32 Å². The highest BCUT2D eigenvalue weighted by molar-refractivity contribution is 5.72. The van der Waals surface area contributed by atoms with E-state index < -0.39 is 5.82 Å². The lowest BCUT2D eigenvalue weighted by Gasteiger charge is -2.17. The van der Waals surface area contributed by atoms with E-state index in [2.05, 4.69) is 5.32 Å². The maximum atomic E-state index is 14.4. The number of nitrogens with one attached hydrogen (secondary N) is 1. The molecule has 2 aromatic rings. The van der Waals surface area contributed by atoms with Crippen LogP contribution < -0.4 is 16.0 Å². The number of rotatable bonds is 3. The molecule has 158 valence electrons. The molecule has 1 aliphatic rings. The highest BCUT2D eigenvalue weighted by Gasteiger charge is 2.20. The molecule has 2 aromatic carbocycles. The fraction of sp³-hybridized carbons (Fsp3) is 0.333. The Morgan fingerprint density at radius 2 is 1.90 bits per heavy atom. The lowest BCUT2D eigenvalue weighted by atomic mass is 10.0. The molecule has 0 aliphatic carbocycles. The molecule has 3 N–H and O–H groups in total. The predicted molar refractivity (Wildman–Crippen MR) is 109 cm³/mol. The fourth-order valence-electron chi connectivity index (χ4n) is 2.63. The van der Waals surface area contributed by atoms with Gasteiger partial charge in [-0.2, -0.15) is 0 Å². The third kappa shape index (κ3) is 6.92. The first kappa shape index (κ1) is 24.2. The first-order valence-electron chi connectivity index (χ1n) is 8.97. The van der Waals surface area contributed by atoms with Gasteiger partial charge in [0.25, 0.3) is 0 Å². The summed E-state index contributed by atoms with van der Waals surface area (Å²) in [6, 6.07) is 9.56. The number of carbonyl (C=O) groups is 2. The summed E-state index contributed by atoms with van der Waals surface area (Å²) in [6.07, 6.45) is 0.139. The van der Waals surface area contributed by atoms with Gasteiger partial charge >= 0.3 is 0 Å². The van der Waals surface area contributed by atoms with Crippen LogP contribution in [0.25, 0.3) is 11.1 Å². The molecule has 1 unspecified atom stereocenters. The fourth-order valence-corrected chi connectivity index (χ4v) is 2.63. The Morgan fingerprint density at radius 3 is 2.34 bits per heavy atom. The van der Waals surface area contributed by atoms with Gasteiger partial charge < -0.3 is 25.5 Å². The van der Waals surface area contributed by atoms with Crippen molar-refractivity contribution in [3.05, 3.63) is 53.6 Å². The summed E-state index contributed by atoms with van der Waals surface area (Å²) in [5.41, 5.74) is 7.51. The maximum absolute atomic E-state index is 14.4. The number of anilines is 1. The monoisotopic (exact) mass is 407 g/mol. The van der Waals surface area contributed by atoms with E-state index in [0.717, 1.165) is 12.2 Å². The topological polar surface area (TPSA) is 84.7 Å². The van der Waals surface area contributed by atoms with Crippen molar-refractivity contribution in [2.45, 2.75) is 26.5 Å². The van der Waals surface area contributed by atoms with E-state index in [0.29, 0.717) is 23.4 Å². The van der Waals surface area contributed by atoms with Crippen molar-refractivity contribution in [3.63, 3.8) is 0 Å². The average Bonchev–Trinajstić information content (AvgIpc) is 3.16. The van der Waals surface area contributed by atoms with Crippen molar-refractivity contribution >= 4 is 18.4 Å². The maximum Gasteiger partial charge on any atom is 0.216 e. The van der Waals surface area contributed by atoms with E-state index in [1.165, 1.54) is 19.1 Å². The molecule has 1 saturated heterocycles. The molecule has 1 amide bonds. The number of amides is 1. The molecule has 3 rings (SSSR count). The summed E-state index contributed by atoms with van der Waals surface area (Å²) in [5, 5.41) is 2.39. The van der Waals surface area contributed by atoms with Gasteiger partial charge in [-0.15, -0.1) is 0 Å². The molecule has 0 radical (unpaired) electrons. The Bertz CT molecular complexity index is 818. The molecule has 1 aliphatic heterocycles. The summed E-state index contributed by atoms with van der Waals surface area (Å²) in [5.74, 6) is -0.785. The highest BCUT2D eigenvalue weighted by Crippen LogP contribution is 2.29. The van der Waals surface area contributed by atoms with E-state index in [1.54, 1.807) is 25.2 Å². The van der Waals surface area contributed by atoms with Crippen LogP contribution >= 0.6 is 0 Å². The summed E-state index contributed by atoms with van der Waals surface area (Å²) >= 11 is 0. The third-order valence-corrected chi connectivity index (χ3v) is 4.25. The predicted octanol–water partition coefficient (Wildman–Crippen LogP) is 2.84. The van der Waals surface area contributed by atoms with E-state index in [4.69, 9.17) is 15.3 Å². The van der Waals surface area contributed by atoms with Gasteiger partial charge in [-0.3, -0.25) is 4.79 Å². The molecule has 0 aromatic heterocycles. The number of hydrogen-bond acceptors (Lipinski definition) is 5. The highest BCUT2D eigenvalue weighted by atomic mass is 19.1. The minimum atomic E-state index is -0.412. The van der Waals surface area contributed by atoms with Gasteiger partial charge in [0.2, 0.25) is 5.91 Å². The van der Waals surface area contributed by atoms with Gasteiger partial charge in [-0.05, 0) is 36.8 Å². The van der Waals surface area contributed by atoms with Gasteiger partial charge in [0.15, 0.2) is 0 Å². The van der Waals surface area contributed by atoms with Crippen LogP contribution in [0.15, 0.2) is 36.4 Å². The van der Waals surface area contributed by atoms with Crippen LogP contribution in [0, 0.1) is 11.6 Å². The van der Waals surface area contributed by atoms with Gasteiger partial charge in [-0.25, -0.2) is 8.78 Å². The lowest BCUT2D eigenvalue weighted by Crippen LogP contribution is -2.20. The Kier molecular flexibility index (Phi) is 9.91.